The van der Waals surface area contributed by atoms with Gasteiger partial charge in [-0.05, 0) is 44.9 Å². The average molecular weight is 409 g/mol. The Kier molecular flexibility index (Phi) is 8.46. The molecule has 4 amide bonds. The van der Waals surface area contributed by atoms with E-state index < -0.39 is 0 Å². The van der Waals surface area contributed by atoms with Crippen molar-refractivity contribution in [2.75, 3.05) is 27.2 Å². The minimum Gasteiger partial charge on any atom is -0.369 e. The summed E-state index contributed by atoms with van der Waals surface area (Å²) in [4.78, 5) is 51.6. The molecule has 0 bridgehead atoms. The van der Waals surface area contributed by atoms with Gasteiger partial charge in [0, 0.05) is 50.9 Å². The molecule has 29 heavy (non-hydrogen) atoms. The summed E-state index contributed by atoms with van der Waals surface area (Å²) in [5.74, 6) is -1.19. The summed E-state index contributed by atoms with van der Waals surface area (Å²) < 4.78 is 0. The highest BCUT2D eigenvalue weighted by atomic mass is 16.2. The molecule has 2 aliphatic rings. The zero-order valence-electron chi connectivity index (χ0n) is 17.8. The topological polar surface area (TPSA) is 127 Å². The Balaban J connectivity index is 1.75. The van der Waals surface area contributed by atoms with Crippen LogP contribution in [0.15, 0.2) is 0 Å². The molecule has 0 aromatic rings. The van der Waals surface area contributed by atoms with Crippen LogP contribution in [0.5, 0.6) is 0 Å². The van der Waals surface area contributed by atoms with Crippen LogP contribution in [0.3, 0.4) is 0 Å². The van der Waals surface area contributed by atoms with Gasteiger partial charge in [-0.3, -0.25) is 19.2 Å². The summed E-state index contributed by atoms with van der Waals surface area (Å²) in [6, 6.07) is 0. The number of amides is 4. The maximum atomic E-state index is 12.7. The first-order chi connectivity index (χ1) is 13.7. The summed E-state index contributed by atoms with van der Waals surface area (Å²) in [5.41, 5.74) is 10.8. The fourth-order valence-electron chi connectivity index (χ4n) is 4.73. The largest absolute Gasteiger partial charge is 0.369 e. The molecule has 8 heteroatoms. The number of rotatable bonds is 8. The number of nitrogens with zero attached hydrogens (tertiary/aromatic N) is 2. The molecule has 2 saturated carbocycles. The van der Waals surface area contributed by atoms with Crippen molar-refractivity contribution in [3.63, 3.8) is 0 Å². The van der Waals surface area contributed by atoms with Crippen LogP contribution >= 0.6 is 0 Å². The number of hydrogen-bond donors (Lipinski definition) is 2. The van der Waals surface area contributed by atoms with Crippen molar-refractivity contribution in [2.45, 2.75) is 57.8 Å². The van der Waals surface area contributed by atoms with E-state index in [-0.39, 0.29) is 47.3 Å². The fraction of sp³-hybridized carbons (Fsp3) is 0.810. The van der Waals surface area contributed by atoms with Crippen molar-refractivity contribution in [3.8, 4) is 0 Å². The molecule has 2 fully saturated rings. The van der Waals surface area contributed by atoms with Crippen molar-refractivity contribution in [1.82, 2.24) is 9.80 Å². The lowest BCUT2D eigenvalue weighted by atomic mass is 9.80. The van der Waals surface area contributed by atoms with E-state index in [2.05, 4.69) is 0 Å². The molecule has 4 N–H and O–H groups in total. The maximum Gasteiger partial charge on any atom is 0.225 e. The normalized spacial score (nSPS) is 27.1. The third-order valence-corrected chi connectivity index (χ3v) is 6.59. The molecule has 4 unspecified atom stereocenters. The van der Waals surface area contributed by atoms with Crippen LogP contribution in [-0.4, -0.2) is 60.6 Å². The molecule has 164 valence electrons. The van der Waals surface area contributed by atoms with Gasteiger partial charge in [0.05, 0.1) is 0 Å². The van der Waals surface area contributed by atoms with Gasteiger partial charge < -0.3 is 21.3 Å². The van der Waals surface area contributed by atoms with Crippen molar-refractivity contribution in [2.24, 2.45) is 35.1 Å². The molecule has 4 atom stereocenters. The molecule has 0 saturated heterocycles. The summed E-state index contributed by atoms with van der Waals surface area (Å²) in [7, 11) is 3.55. The van der Waals surface area contributed by atoms with Crippen molar-refractivity contribution in [3.05, 3.63) is 0 Å². The van der Waals surface area contributed by atoms with Crippen molar-refractivity contribution >= 4 is 23.6 Å². The number of primary amides is 2. The molecule has 0 spiro atoms. The molecule has 2 rings (SSSR count). The Morgan fingerprint density at radius 2 is 1.03 bits per heavy atom. The Labute approximate surface area is 173 Å². The van der Waals surface area contributed by atoms with E-state index in [4.69, 9.17) is 11.5 Å². The Bertz CT molecular complexity index is 572. The molecule has 0 aromatic heterocycles. The second-order valence-corrected chi connectivity index (χ2v) is 8.80. The van der Waals surface area contributed by atoms with E-state index in [1.165, 1.54) is 0 Å². The number of carbonyl (C=O) groups is 4. The highest BCUT2D eigenvalue weighted by molar-refractivity contribution is 5.82. The third kappa shape index (κ3) is 6.44. The predicted octanol–water partition coefficient (Wildman–Crippen LogP) is 0.877. The van der Waals surface area contributed by atoms with Gasteiger partial charge in [-0.2, -0.15) is 0 Å². The minimum absolute atomic E-state index is 0.0570. The van der Waals surface area contributed by atoms with E-state index in [0.717, 1.165) is 38.5 Å². The molecule has 8 nitrogen and oxygen atoms in total. The Hall–Kier alpha value is -2.12. The lowest BCUT2D eigenvalue weighted by Crippen LogP contribution is -2.41. The first kappa shape index (κ1) is 23.2. The van der Waals surface area contributed by atoms with E-state index in [0.29, 0.717) is 32.4 Å². The Morgan fingerprint density at radius 1 is 0.690 bits per heavy atom. The van der Waals surface area contributed by atoms with Gasteiger partial charge in [0.2, 0.25) is 23.6 Å². The highest BCUT2D eigenvalue weighted by Crippen LogP contribution is 2.31. The molecule has 2 aliphatic carbocycles. The molecule has 0 aliphatic heterocycles. The second kappa shape index (κ2) is 10.6. The monoisotopic (exact) mass is 408 g/mol. The lowest BCUT2D eigenvalue weighted by Gasteiger charge is -2.31. The van der Waals surface area contributed by atoms with Gasteiger partial charge in [0.1, 0.15) is 0 Å². The lowest BCUT2D eigenvalue weighted by molar-refractivity contribution is -0.136. The molecule has 0 heterocycles. The van der Waals surface area contributed by atoms with Gasteiger partial charge in [0.25, 0.3) is 0 Å². The number of nitrogens with two attached hydrogens (primary N) is 2. The molecular weight excluding hydrogens is 372 g/mol. The minimum atomic E-state index is -0.313. The first-order valence-corrected chi connectivity index (χ1v) is 10.8. The number of hydrogen-bond acceptors (Lipinski definition) is 4. The summed E-state index contributed by atoms with van der Waals surface area (Å²) in [5, 5.41) is 0. The molecule has 0 aromatic carbocycles. The average Bonchev–Trinajstić information content (AvgIpc) is 2.72. The van der Waals surface area contributed by atoms with E-state index in [1.54, 1.807) is 23.9 Å². The SMILES string of the molecule is CN(CCCN(C)C(=O)C1CCCC(C(N)=O)C1)C(=O)C1CCCC(C(N)=O)C1. The van der Waals surface area contributed by atoms with Crippen molar-refractivity contribution in [1.29, 1.82) is 0 Å². The molecular formula is C21H36N4O4. The van der Waals surface area contributed by atoms with Gasteiger partial charge in [-0.25, -0.2) is 0 Å². The molecule has 0 radical (unpaired) electrons. The summed E-state index contributed by atoms with van der Waals surface area (Å²) in [6.07, 6.45) is 6.61. The zero-order chi connectivity index (χ0) is 21.6. The van der Waals surface area contributed by atoms with Crippen LogP contribution in [0.2, 0.25) is 0 Å². The maximum absolute atomic E-state index is 12.7. The van der Waals surface area contributed by atoms with E-state index in [9.17, 15) is 19.2 Å². The van der Waals surface area contributed by atoms with E-state index in [1.807, 2.05) is 0 Å². The van der Waals surface area contributed by atoms with Gasteiger partial charge in [-0.15, -0.1) is 0 Å². The smallest absolute Gasteiger partial charge is 0.225 e. The Morgan fingerprint density at radius 3 is 1.38 bits per heavy atom. The standard InChI is InChI=1S/C21H36N4O4/c1-24(20(28)16-8-3-6-14(12-16)18(22)26)10-5-11-25(2)21(29)17-9-4-7-15(13-17)19(23)27/h14-17H,3-13H2,1-2H3,(H2,22,26)(H2,23,27). The number of carbonyl (C=O) groups excluding carboxylic acids is 4. The quantitative estimate of drug-likeness (QED) is 0.618. The summed E-state index contributed by atoms with van der Waals surface area (Å²) in [6.45, 7) is 1.12. The van der Waals surface area contributed by atoms with Gasteiger partial charge in [0.15, 0.2) is 0 Å². The van der Waals surface area contributed by atoms with Crippen LogP contribution in [0.25, 0.3) is 0 Å². The van der Waals surface area contributed by atoms with E-state index >= 15 is 0 Å². The van der Waals surface area contributed by atoms with Crippen LogP contribution in [0, 0.1) is 23.7 Å². The third-order valence-electron chi connectivity index (χ3n) is 6.59. The van der Waals surface area contributed by atoms with Crippen LogP contribution in [0.1, 0.15) is 57.8 Å². The van der Waals surface area contributed by atoms with Gasteiger partial charge in [-0.1, -0.05) is 12.8 Å². The first-order valence-electron chi connectivity index (χ1n) is 10.8. The predicted molar refractivity (Wildman–Crippen MR) is 109 cm³/mol. The van der Waals surface area contributed by atoms with Crippen LogP contribution < -0.4 is 11.5 Å². The fourth-order valence-corrected chi connectivity index (χ4v) is 4.73. The van der Waals surface area contributed by atoms with Gasteiger partial charge >= 0.3 is 0 Å². The van der Waals surface area contributed by atoms with Crippen molar-refractivity contribution < 1.29 is 19.2 Å². The van der Waals surface area contributed by atoms with Crippen LogP contribution in [0.4, 0.5) is 0 Å². The second-order valence-electron chi connectivity index (χ2n) is 8.80. The van der Waals surface area contributed by atoms with Crippen LogP contribution in [-0.2, 0) is 19.2 Å². The zero-order valence-corrected chi connectivity index (χ0v) is 17.8. The highest BCUT2D eigenvalue weighted by Gasteiger charge is 2.33. The summed E-state index contributed by atoms with van der Waals surface area (Å²) >= 11 is 0.